The number of carbonyl (C=O) groups is 1. The maximum absolute atomic E-state index is 12.5. The third-order valence-electron chi connectivity index (χ3n) is 4.35. The Hall–Kier alpha value is -2.84. The average Bonchev–Trinajstić information content (AvgIpc) is 2.67. The van der Waals surface area contributed by atoms with Crippen LogP contribution in [-0.4, -0.2) is 35.3 Å². The van der Waals surface area contributed by atoms with E-state index in [0.717, 1.165) is 0 Å². The van der Waals surface area contributed by atoms with Crippen LogP contribution in [0.2, 0.25) is 0 Å². The molecular formula is C18H19F3N4O2. The predicted octanol–water partition coefficient (Wildman–Crippen LogP) is 2.91. The van der Waals surface area contributed by atoms with Crippen LogP contribution in [0.5, 0.6) is 5.75 Å². The van der Waals surface area contributed by atoms with Crippen LogP contribution in [0.15, 0.2) is 42.7 Å². The number of anilines is 1. The summed E-state index contributed by atoms with van der Waals surface area (Å²) in [7, 11) is 0. The molecule has 1 N–H and O–H groups in total. The zero-order chi connectivity index (χ0) is 19.3. The Morgan fingerprint density at radius 1 is 1.15 bits per heavy atom. The van der Waals surface area contributed by atoms with Gasteiger partial charge in [0.05, 0.1) is 0 Å². The molecule has 1 aromatic carbocycles. The SMILES string of the molecule is O=C(NCc1ccccc1OC(F)(F)F)C1CCN(c2ncccn2)CC1. The largest absolute Gasteiger partial charge is 0.573 e. The highest BCUT2D eigenvalue weighted by Crippen LogP contribution is 2.26. The van der Waals surface area contributed by atoms with Gasteiger partial charge in [0.15, 0.2) is 0 Å². The van der Waals surface area contributed by atoms with Crippen molar-refractivity contribution in [3.8, 4) is 5.75 Å². The minimum absolute atomic E-state index is 0.0207. The van der Waals surface area contributed by atoms with Gasteiger partial charge in [-0.2, -0.15) is 0 Å². The van der Waals surface area contributed by atoms with Crippen molar-refractivity contribution in [2.45, 2.75) is 25.7 Å². The maximum Gasteiger partial charge on any atom is 0.573 e. The predicted molar refractivity (Wildman–Crippen MR) is 91.9 cm³/mol. The highest BCUT2D eigenvalue weighted by Gasteiger charge is 2.32. The number of halogens is 3. The van der Waals surface area contributed by atoms with Crippen LogP contribution >= 0.6 is 0 Å². The van der Waals surface area contributed by atoms with E-state index in [4.69, 9.17) is 0 Å². The van der Waals surface area contributed by atoms with Gasteiger partial charge in [-0.05, 0) is 25.0 Å². The topological polar surface area (TPSA) is 67.3 Å². The molecular weight excluding hydrogens is 361 g/mol. The first-order chi connectivity index (χ1) is 12.9. The van der Waals surface area contributed by atoms with Crippen molar-refractivity contribution in [2.75, 3.05) is 18.0 Å². The summed E-state index contributed by atoms with van der Waals surface area (Å²) in [5.74, 6) is -0.0398. The van der Waals surface area contributed by atoms with Gasteiger partial charge in [0.1, 0.15) is 5.75 Å². The van der Waals surface area contributed by atoms with Crippen molar-refractivity contribution >= 4 is 11.9 Å². The zero-order valence-corrected chi connectivity index (χ0v) is 14.4. The van der Waals surface area contributed by atoms with Gasteiger partial charge in [0, 0.05) is 43.5 Å². The number of hydrogen-bond donors (Lipinski definition) is 1. The van der Waals surface area contributed by atoms with E-state index < -0.39 is 6.36 Å². The van der Waals surface area contributed by atoms with E-state index in [1.165, 1.54) is 18.2 Å². The Kier molecular flexibility index (Phi) is 5.78. The fourth-order valence-electron chi connectivity index (χ4n) is 3.00. The number of alkyl halides is 3. The number of benzene rings is 1. The summed E-state index contributed by atoms with van der Waals surface area (Å²) >= 11 is 0. The number of para-hydroxylation sites is 1. The van der Waals surface area contributed by atoms with Gasteiger partial charge in [-0.25, -0.2) is 9.97 Å². The molecule has 2 heterocycles. The molecule has 0 spiro atoms. The van der Waals surface area contributed by atoms with Crippen LogP contribution in [0.1, 0.15) is 18.4 Å². The van der Waals surface area contributed by atoms with E-state index in [1.54, 1.807) is 24.5 Å². The molecule has 9 heteroatoms. The first-order valence-corrected chi connectivity index (χ1v) is 8.56. The second kappa shape index (κ2) is 8.24. The quantitative estimate of drug-likeness (QED) is 0.864. The Bertz CT molecular complexity index is 763. The fraction of sp³-hybridized carbons (Fsp3) is 0.389. The number of nitrogens with zero attached hydrogens (tertiary/aromatic N) is 3. The molecule has 0 bridgehead atoms. The second-order valence-electron chi connectivity index (χ2n) is 6.18. The number of piperidine rings is 1. The van der Waals surface area contributed by atoms with Gasteiger partial charge in [-0.3, -0.25) is 4.79 Å². The summed E-state index contributed by atoms with van der Waals surface area (Å²) in [4.78, 5) is 22.8. The van der Waals surface area contributed by atoms with E-state index in [1.807, 2.05) is 4.90 Å². The summed E-state index contributed by atoms with van der Waals surface area (Å²) in [6.07, 6.45) is -0.175. The molecule has 0 saturated carbocycles. The van der Waals surface area contributed by atoms with E-state index in [0.29, 0.717) is 31.9 Å². The summed E-state index contributed by atoms with van der Waals surface area (Å²) < 4.78 is 41.4. The number of amides is 1. The highest BCUT2D eigenvalue weighted by molar-refractivity contribution is 5.79. The molecule has 3 rings (SSSR count). The zero-order valence-electron chi connectivity index (χ0n) is 14.4. The van der Waals surface area contributed by atoms with Crippen LogP contribution in [0, 0.1) is 5.92 Å². The summed E-state index contributed by atoms with van der Waals surface area (Å²) in [5.41, 5.74) is 0.276. The normalized spacial score (nSPS) is 15.4. The van der Waals surface area contributed by atoms with Crippen molar-refractivity contribution in [1.29, 1.82) is 0 Å². The molecule has 1 aliphatic rings. The third kappa shape index (κ3) is 5.32. The molecule has 0 radical (unpaired) electrons. The number of carbonyl (C=O) groups excluding carboxylic acids is 1. The molecule has 0 unspecified atom stereocenters. The van der Waals surface area contributed by atoms with Crippen molar-refractivity contribution in [2.24, 2.45) is 5.92 Å². The monoisotopic (exact) mass is 380 g/mol. The van der Waals surface area contributed by atoms with Gasteiger partial charge < -0.3 is 15.0 Å². The van der Waals surface area contributed by atoms with Crippen molar-refractivity contribution in [1.82, 2.24) is 15.3 Å². The lowest BCUT2D eigenvalue weighted by Crippen LogP contribution is -2.41. The molecule has 1 saturated heterocycles. The van der Waals surface area contributed by atoms with Gasteiger partial charge in [0.2, 0.25) is 11.9 Å². The van der Waals surface area contributed by atoms with E-state index in [-0.39, 0.29) is 29.7 Å². The average molecular weight is 380 g/mol. The summed E-state index contributed by atoms with van der Waals surface area (Å²) in [6.45, 7) is 1.28. The number of nitrogens with one attached hydrogen (secondary N) is 1. The van der Waals surface area contributed by atoms with Crippen LogP contribution in [0.3, 0.4) is 0 Å². The van der Waals surface area contributed by atoms with Crippen molar-refractivity contribution in [3.63, 3.8) is 0 Å². The number of ether oxygens (including phenoxy) is 1. The summed E-state index contributed by atoms with van der Waals surface area (Å²) in [5, 5.41) is 2.71. The van der Waals surface area contributed by atoms with E-state index >= 15 is 0 Å². The minimum atomic E-state index is -4.77. The van der Waals surface area contributed by atoms with Crippen molar-refractivity contribution < 1.29 is 22.7 Å². The number of rotatable bonds is 5. The lowest BCUT2D eigenvalue weighted by molar-refractivity contribution is -0.274. The Morgan fingerprint density at radius 3 is 2.48 bits per heavy atom. The van der Waals surface area contributed by atoms with Gasteiger partial charge >= 0.3 is 6.36 Å². The molecule has 1 fully saturated rings. The third-order valence-corrected chi connectivity index (χ3v) is 4.35. The molecule has 144 valence electrons. The Balaban J connectivity index is 1.52. The molecule has 1 aromatic heterocycles. The maximum atomic E-state index is 12.5. The lowest BCUT2D eigenvalue weighted by atomic mass is 9.96. The van der Waals surface area contributed by atoms with E-state index in [9.17, 15) is 18.0 Å². The van der Waals surface area contributed by atoms with Gasteiger partial charge in [-0.15, -0.1) is 13.2 Å². The smallest absolute Gasteiger partial charge is 0.405 e. The van der Waals surface area contributed by atoms with Crippen LogP contribution in [-0.2, 0) is 11.3 Å². The molecule has 1 amide bonds. The highest BCUT2D eigenvalue weighted by atomic mass is 19.4. The molecule has 27 heavy (non-hydrogen) atoms. The minimum Gasteiger partial charge on any atom is -0.405 e. The molecule has 0 aliphatic carbocycles. The Morgan fingerprint density at radius 2 is 1.81 bits per heavy atom. The first kappa shape index (κ1) is 18.9. The second-order valence-corrected chi connectivity index (χ2v) is 6.18. The van der Waals surface area contributed by atoms with Crippen LogP contribution in [0.25, 0.3) is 0 Å². The van der Waals surface area contributed by atoms with E-state index in [2.05, 4.69) is 20.0 Å². The fourth-order valence-corrected chi connectivity index (χ4v) is 3.00. The van der Waals surface area contributed by atoms with Gasteiger partial charge in [0.25, 0.3) is 0 Å². The van der Waals surface area contributed by atoms with Crippen LogP contribution in [0.4, 0.5) is 19.1 Å². The summed E-state index contributed by atoms with van der Waals surface area (Å²) in [6, 6.07) is 7.52. The van der Waals surface area contributed by atoms with Gasteiger partial charge in [-0.1, -0.05) is 18.2 Å². The molecule has 2 aromatic rings. The Labute approximate surface area is 154 Å². The lowest BCUT2D eigenvalue weighted by Gasteiger charge is -2.31. The molecule has 6 nitrogen and oxygen atoms in total. The molecule has 0 atom stereocenters. The number of hydrogen-bond acceptors (Lipinski definition) is 5. The number of aromatic nitrogens is 2. The van der Waals surface area contributed by atoms with Crippen molar-refractivity contribution in [3.05, 3.63) is 48.3 Å². The molecule has 1 aliphatic heterocycles. The van der Waals surface area contributed by atoms with Crippen LogP contribution < -0.4 is 15.0 Å². The standard InChI is InChI=1S/C18H19F3N4O2/c19-18(20,21)27-15-5-2-1-4-14(15)12-24-16(26)13-6-10-25(11-7-13)17-22-8-3-9-23-17/h1-5,8-9,13H,6-7,10-12H2,(H,24,26). The first-order valence-electron chi connectivity index (χ1n) is 8.56.